The molecular formula is C14H24ClNS. The van der Waals surface area contributed by atoms with Gasteiger partial charge in [0.1, 0.15) is 0 Å². The van der Waals surface area contributed by atoms with Crippen LogP contribution in [0.5, 0.6) is 0 Å². The summed E-state index contributed by atoms with van der Waals surface area (Å²) in [5.74, 6) is 2.39. The summed E-state index contributed by atoms with van der Waals surface area (Å²) in [7, 11) is 0. The molecule has 0 aliphatic rings. The fourth-order valence-electron chi connectivity index (χ4n) is 1.67. The van der Waals surface area contributed by atoms with E-state index in [1.807, 2.05) is 11.8 Å². The Morgan fingerprint density at radius 3 is 2.24 bits per heavy atom. The maximum absolute atomic E-state index is 2.27. The van der Waals surface area contributed by atoms with Gasteiger partial charge >= 0.3 is 0 Å². The topological polar surface area (TPSA) is 3.88 Å². The first kappa shape index (κ1) is 16.8. The quantitative estimate of drug-likeness (QED) is 0.480. The molecule has 0 radical (unpaired) electrons. The van der Waals surface area contributed by atoms with Crippen molar-refractivity contribution in [1.82, 2.24) is 0 Å². The van der Waals surface area contributed by atoms with Crippen LogP contribution in [0.15, 0.2) is 30.6 Å². The van der Waals surface area contributed by atoms with E-state index in [9.17, 15) is 0 Å². The van der Waals surface area contributed by atoms with Crippen LogP contribution in [0.4, 0.5) is 0 Å². The van der Waals surface area contributed by atoms with E-state index in [-0.39, 0.29) is 12.4 Å². The van der Waals surface area contributed by atoms with Crippen molar-refractivity contribution < 1.29 is 17.0 Å². The maximum Gasteiger partial charge on any atom is 0.194 e. The standard InChI is InChI=1S/C14H24NS.ClH/c1-2-3-4-5-6-10-13-16-14-15-11-8-7-9-12-15;/h7-9,11-12H,2-6,10,13-14H2,1H3;1H/q+1;/p-1. The lowest BCUT2D eigenvalue weighted by molar-refractivity contribution is -0.675. The summed E-state index contributed by atoms with van der Waals surface area (Å²) < 4.78 is 2.24. The van der Waals surface area contributed by atoms with Crippen LogP contribution in [0, 0.1) is 0 Å². The van der Waals surface area contributed by atoms with Gasteiger partial charge in [0.25, 0.3) is 0 Å². The van der Waals surface area contributed by atoms with E-state index in [1.165, 1.54) is 44.3 Å². The van der Waals surface area contributed by atoms with Crippen LogP contribution in [-0.2, 0) is 5.88 Å². The largest absolute Gasteiger partial charge is 1.00 e. The molecule has 0 unspecified atom stereocenters. The molecule has 0 atom stereocenters. The lowest BCUT2D eigenvalue weighted by Crippen LogP contribution is -3.00. The minimum Gasteiger partial charge on any atom is -1.00 e. The summed E-state index contributed by atoms with van der Waals surface area (Å²) in [4.78, 5) is 0. The maximum atomic E-state index is 2.27. The van der Waals surface area contributed by atoms with Crippen LogP contribution in [0.2, 0.25) is 0 Å². The summed E-state index contributed by atoms with van der Waals surface area (Å²) in [6, 6.07) is 6.24. The molecule has 98 valence electrons. The monoisotopic (exact) mass is 273 g/mol. The number of hydrogen-bond donors (Lipinski definition) is 0. The third-order valence-electron chi connectivity index (χ3n) is 2.66. The average Bonchev–Trinajstić information content (AvgIpc) is 2.34. The molecular weight excluding hydrogens is 250 g/mol. The molecule has 3 heteroatoms. The van der Waals surface area contributed by atoms with Gasteiger partial charge in [-0.2, -0.15) is 4.57 Å². The molecule has 0 spiro atoms. The first-order chi connectivity index (χ1) is 7.93. The van der Waals surface area contributed by atoms with Gasteiger partial charge in [0, 0.05) is 12.1 Å². The molecule has 0 amide bonds. The van der Waals surface area contributed by atoms with Crippen LogP contribution in [0.1, 0.15) is 45.4 Å². The highest BCUT2D eigenvalue weighted by Gasteiger charge is 1.97. The van der Waals surface area contributed by atoms with Crippen molar-refractivity contribution in [2.45, 2.75) is 51.3 Å². The number of nitrogens with zero attached hydrogens (tertiary/aromatic N) is 1. The van der Waals surface area contributed by atoms with Gasteiger partial charge in [-0.3, -0.25) is 0 Å². The molecule has 1 heterocycles. The van der Waals surface area contributed by atoms with E-state index in [0.29, 0.717) is 0 Å². The Hall–Kier alpha value is -0.210. The highest BCUT2D eigenvalue weighted by molar-refractivity contribution is 7.98. The van der Waals surface area contributed by atoms with Gasteiger partial charge in [-0.25, -0.2) is 0 Å². The Labute approximate surface area is 116 Å². The highest BCUT2D eigenvalue weighted by atomic mass is 35.5. The number of hydrogen-bond acceptors (Lipinski definition) is 1. The molecule has 1 aromatic rings. The molecule has 0 saturated carbocycles. The average molecular weight is 274 g/mol. The van der Waals surface area contributed by atoms with Gasteiger partial charge in [-0.05, 0) is 12.2 Å². The number of unbranched alkanes of at least 4 members (excludes halogenated alkanes) is 5. The van der Waals surface area contributed by atoms with Crippen LogP contribution >= 0.6 is 11.8 Å². The predicted molar refractivity (Wildman–Crippen MR) is 72.5 cm³/mol. The Balaban J connectivity index is 0.00000256. The lowest BCUT2D eigenvalue weighted by atomic mass is 10.1. The van der Waals surface area contributed by atoms with Crippen LogP contribution in [0.3, 0.4) is 0 Å². The first-order valence-electron chi connectivity index (χ1n) is 6.45. The Kier molecular flexibility index (Phi) is 12.1. The molecule has 0 aromatic carbocycles. The van der Waals surface area contributed by atoms with E-state index in [0.717, 1.165) is 5.88 Å². The SMILES string of the molecule is CCCCCCCCSC[n+]1ccccc1.[Cl-]. The van der Waals surface area contributed by atoms with Crippen molar-refractivity contribution in [3.63, 3.8) is 0 Å². The molecule has 0 bridgehead atoms. The molecule has 0 fully saturated rings. The first-order valence-corrected chi connectivity index (χ1v) is 7.61. The van der Waals surface area contributed by atoms with Gasteiger partial charge < -0.3 is 12.4 Å². The van der Waals surface area contributed by atoms with E-state index in [2.05, 4.69) is 42.1 Å². The summed E-state index contributed by atoms with van der Waals surface area (Å²) in [5.41, 5.74) is 0. The number of pyridine rings is 1. The molecule has 0 saturated heterocycles. The second-order valence-corrected chi connectivity index (χ2v) is 5.27. The van der Waals surface area contributed by atoms with E-state index >= 15 is 0 Å². The van der Waals surface area contributed by atoms with Crippen molar-refractivity contribution >= 4 is 11.8 Å². The number of thioether (sulfide) groups is 1. The summed E-state index contributed by atoms with van der Waals surface area (Å²) in [5, 5.41) is 0. The van der Waals surface area contributed by atoms with Gasteiger partial charge in [-0.1, -0.05) is 56.9 Å². The molecule has 0 aliphatic heterocycles. The van der Waals surface area contributed by atoms with E-state index in [1.54, 1.807) is 0 Å². The molecule has 1 rings (SSSR count). The van der Waals surface area contributed by atoms with E-state index in [4.69, 9.17) is 0 Å². The Morgan fingerprint density at radius 1 is 0.882 bits per heavy atom. The smallest absolute Gasteiger partial charge is 0.194 e. The predicted octanol–water partition coefficient (Wildman–Crippen LogP) is 1.03. The Morgan fingerprint density at radius 2 is 1.53 bits per heavy atom. The van der Waals surface area contributed by atoms with Crippen molar-refractivity contribution in [2.24, 2.45) is 0 Å². The van der Waals surface area contributed by atoms with Crippen molar-refractivity contribution in [2.75, 3.05) is 5.75 Å². The number of rotatable bonds is 9. The van der Waals surface area contributed by atoms with Gasteiger partial charge in [-0.15, -0.1) is 0 Å². The second-order valence-electron chi connectivity index (χ2n) is 4.19. The second kappa shape index (κ2) is 12.3. The summed E-state index contributed by atoms with van der Waals surface area (Å²) >= 11 is 2.03. The zero-order valence-corrected chi connectivity index (χ0v) is 12.3. The van der Waals surface area contributed by atoms with Crippen LogP contribution < -0.4 is 17.0 Å². The number of aromatic nitrogens is 1. The summed E-state index contributed by atoms with van der Waals surface area (Å²) in [6.07, 6.45) is 12.7. The third-order valence-corrected chi connectivity index (χ3v) is 3.72. The highest BCUT2D eigenvalue weighted by Crippen LogP contribution is 2.09. The molecule has 0 N–H and O–H groups in total. The van der Waals surface area contributed by atoms with Gasteiger partial charge in [0.2, 0.25) is 0 Å². The van der Waals surface area contributed by atoms with Crippen LogP contribution in [0.25, 0.3) is 0 Å². The molecule has 1 nitrogen and oxygen atoms in total. The minimum atomic E-state index is 0. The van der Waals surface area contributed by atoms with Crippen molar-refractivity contribution in [1.29, 1.82) is 0 Å². The summed E-state index contributed by atoms with van der Waals surface area (Å²) in [6.45, 7) is 2.27. The number of halogens is 1. The fourth-order valence-corrected chi connectivity index (χ4v) is 2.60. The molecule has 17 heavy (non-hydrogen) atoms. The lowest BCUT2D eigenvalue weighted by Gasteiger charge is -1.99. The Bertz CT molecular complexity index is 254. The zero-order valence-electron chi connectivity index (χ0n) is 10.8. The van der Waals surface area contributed by atoms with Gasteiger partial charge in [0.05, 0.1) is 0 Å². The zero-order chi connectivity index (χ0) is 11.5. The normalized spacial score (nSPS) is 9.94. The van der Waals surface area contributed by atoms with Crippen molar-refractivity contribution in [3.8, 4) is 0 Å². The van der Waals surface area contributed by atoms with Crippen LogP contribution in [-0.4, -0.2) is 5.75 Å². The fraction of sp³-hybridized carbons (Fsp3) is 0.643. The molecule has 0 aliphatic carbocycles. The minimum absolute atomic E-state index is 0. The molecule has 1 aromatic heterocycles. The third kappa shape index (κ3) is 9.49. The van der Waals surface area contributed by atoms with E-state index < -0.39 is 0 Å². The van der Waals surface area contributed by atoms with Gasteiger partial charge in [0.15, 0.2) is 18.3 Å². The van der Waals surface area contributed by atoms with Crippen molar-refractivity contribution in [3.05, 3.63) is 30.6 Å².